The van der Waals surface area contributed by atoms with Crippen LogP contribution >= 0.6 is 0 Å². The van der Waals surface area contributed by atoms with Crippen molar-refractivity contribution in [1.29, 1.82) is 0 Å². The van der Waals surface area contributed by atoms with Gasteiger partial charge < -0.3 is 24.7 Å². The van der Waals surface area contributed by atoms with Crippen molar-refractivity contribution in [1.82, 2.24) is 20.2 Å². The second kappa shape index (κ2) is 8.60. The number of aromatic amines is 1. The van der Waals surface area contributed by atoms with E-state index in [4.69, 9.17) is 9.47 Å². The molecule has 140 valence electrons. The molecule has 0 saturated carbocycles. The molecule has 1 atom stereocenters. The maximum absolute atomic E-state index is 12.5. The van der Waals surface area contributed by atoms with Gasteiger partial charge in [0.2, 0.25) is 0 Å². The lowest BCUT2D eigenvalue weighted by molar-refractivity contribution is 0.178. The fourth-order valence-electron chi connectivity index (χ4n) is 3.38. The third-order valence-electron chi connectivity index (χ3n) is 4.77. The van der Waals surface area contributed by atoms with Crippen LogP contribution in [0, 0.1) is 0 Å². The fourth-order valence-corrected chi connectivity index (χ4v) is 3.38. The van der Waals surface area contributed by atoms with Crippen LogP contribution in [0.5, 0.6) is 11.5 Å². The number of nitrogens with zero attached hydrogens (tertiary/aromatic N) is 2. The first-order valence-electron chi connectivity index (χ1n) is 8.94. The number of hydrogen-bond acceptors (Lipinski definition) is 4. The van der Waals surface area contributed by atoms with E-state index in [9.17, 15) is 4.79 Å². The molecule has 1 fully saturated rings. The number of benzene rings is 1. The molecule has 3 rings (SSSR count). The van der Waals surface area contributed by atoms with Crippen LogP contribution in [-0.2, 0) is 6.42 Å². The van der Waals surface area contributed by atoms with Gasteiger partial charge in [0.15, 0.2) is 0 Å². The first kappa shape index (κ1) is 18.1. The van der Waals surface area contributed by atoms with Gasteiger partial charge in [0.05, 0.1) is 14.2 Å². The molecule has 0 spiro atoms. The average molecular weight is 358 g/mol. The number of carbonyl (C=O) groups is 1. The topological polar surface area (TPSA) is 79.5 Å². The van der Waals surface area contributed by atoms with Gasteiger partial charge in [-0.3, -0.25) is 0 Å². The second-order valence-electron chi connectivity index (χ2n) is 6.42. The van der Waals surface area contributed by atoms with Crippen molar-refractivity contribution in [3.8, 4) is 11.5 Å². The van der Waals surface area contributed by atoms with Gasteiger partial charge in [-0.05, 0) is 43.0 Å². The molecule has 2 heterocycles. The predicted molar refractivity (Wildman–Crippen MR) is 98.8 cm³/mol. The number of nitrogens with one attached hydrogen (secondary N) is 2. The molecule has 0 aliphatic carbocycles. The molecule has 1 unspecified atom stereocenters. The smallest absolute Gasteiger partial charge is 0.317 e. The lowest BCUT2D eigenvalue weighted by atomic mass is 9.98. The van der Waals surface area contributed by atoms with E-state index >= 15 is 0 Å². The number of likely N-dealkylation sites (tertiary alicyclic amines) is 1. The standard InChI is InChI=1S/C19H26N4O3/c1-25-16-5-6-17(26-2)14(12-16)7-8-22-19(24)23-11-3-4-15(13-23)18-20-9-10-21-18/h5-6,9-10,12,15H,3-4,7-8,11,13H2,1-2H3,(H,20,21)(H,22,24). The number of urea groups is 1. The van der Waals surface area contributed by atoms with Gasteiger partial charge in [0, 0.05) is 37.9 Å². The van der Waals surface area contributed by atoms with Crippen LogP contribution in [-0.4, -0.2) is 54.8 Å². The summed E-state index contributed by atoms with van der Waals surface area (Å²) in [5, 5.41) is 3.02. The Morgan fingerprint density at radius 3 is 3.00 bits per heavy atom. The van der Waals surface area contributed by atoms with E-state index in [1.807, 2.05) is 29.3 Å². The third kappa shape index (κ3) is 4.28. The Morgan fingerprint density at radius 1 is 1.38 bits per heavy atom. The van der Waals surface area contributed by atoms with Crippen molar-refractivity contribution >= 4 is 6.03 Å². The van der Waals surface area contributed by atoms with Crippen molar-refractivity contribution in [2.24, 2.45) is 0 Å². The SMILES string of the molecule is COc1ccc(OC)c(CCNC(=O)N2CCCC(c3ncc[nH]3)C2)c1. The Hall–Kier alpha value is -2.70. The summed E-state index contributed by atoms with van der Waals surface area (Å²) >= 11 is 0. The minimum absolute atomic E-state index is 0.0249. The van der Waals surface area contributed by atoms with Crippen LogP contribution in [0.15, 0.2) is 30.6 Å². The van der Waals surface area contributed by atoms with Crippen molar-refractivity contribution < 1.29 is 14.3 Å². The summed E-state index contributed by atoms with van der Waals surface area (Å²) in [6, 6.07) is 5.67. The van der Waals surface area contributed by atoms with E-state index in [0.717, 1.165) is 42.3 Å². The zero-order valence-corrected chi connectivity index (χ0v) is 15.3. The van der Waals surface area contributed by atoms with Gasteiger partial charge in [-0.25, -0.2) is 9.78 Å². The number of hydrogen-bond donors (Lipinski definition) is 2. The van der Waals surface area contributed by atoms with Crippen LogP contribution in [0.2, 0.25) is 0 Å². The van der Waals surface area contributed by atoms with Crippen LogP contribution in [0.1, 0.15) is 30.1 Å². The van der Waals surface area contributed by atoms with Crippen molar-refractivity contribution in [3.63, 3.8) is 0 Å². The number of methoxy groups -OCH3 is 2. The Kier molecular flexibility index (Phi) is 5.99. The summed E-state index contributed by atoms with van der Waals surface area (Å²) < 4.78 is 10.6. The largest absolute Gasteiger partial charge is 0.497 e. The van der Waals surface area contributed by atoms with Gasteiger partial charge >= 0.3 is 6.03 Å². The monoisotopic (exact) mass is 358 g/mol. The predicted octanol–water partition coefficient (Wildman–Crippen LogP) is 2.56. The first-order chi connectivity index (χ1) is 12.7. The Morgan fingerprint density at radius 2 is 2.27 bits per heavy atom. The molecule has 7 heteroatoms. The average Bonchev–Trinajstić information content (AvgIpc) is 3.22. The minimum atomic E-state index is -0.0249. The summed E-state index contributed by atoms with van der Waals surface area (Å²) in [6.07, 6.45) is 6.31. The van der Waals surface area contributed by atoms with Crippen LogP contribution in [0.25, 0.3) is 0 Å². The quantitative estimate of drug-likeness (QED) is 0.832. The van der Waals surface area contributed by atoms with Gasteiger partial charge in [0.1, 0.15) is 17.3 Å². The molecule has 0 radical (unpaired) electrons. The van der Waals surface area contributed by atoms with Gasteiger partial charge in [-0.15, -0.1) is 0 Å². The molecular weight excluding hydrogens is 332 g/mol. The molecule has 0 bridgehead atoms. The van der Waals surface area contributed by atoms with Gasteiger partial charge in [0.25, 0.3) is 0 Å². The van der Waals surface area contributed by atoms with E-state index in [2.05, 4.69) is 15.3 Å². The third-order valence-corrected chi connectivity index (χ3v) is 4.77. The van der Waals surface area contributed by atoms with Gasteiger partial charge in [-0.1, -0.05) is 0 Å². The highest BCUT2D eigenvalue weighted by Crippen LogP contribution is 2.25. The minimum Gasteiger partial charge on any atom is -0.497 e. The molecule has 1 aliphatic heterocycles. The molecule has 2 aromatic rings. The molecule has 1 aliphatic rings. The van der Waals surface area contributed by atoms with Crippen molar-refractivity contribution in [3.05, 3.63) is 42.0 Å². The molecule has 2 amide bonds. The van der Waals surface area contributed by atoms with Crippen LogP contribution in [0.3, 0.4) is 0 Å². The summed E-state index contributed by atoms with van der Waals surface area (Å²) in [5.74, 6) is 2.83. The number of carbonyl (C=O) groups excluding carboxylic acids is 1. The first-order valence-corrected chi connectivity index (χ1v) is 8.94. The summed E-state index contributed by atoms with van der Waals surface area (Å²) in [5.41, 5.74) is 1.01. The lowest BCUT2D eigenvalue weighted by Crippen LogP contribution is -2.45. The molecule has 1 aromatic heterocycles. The lowest BCUT2D eigenvalue weighted by Gasteiger charge is -2.31. The van der Waals surface area contributed by atoms with E-state index < -0.39 is 0 Å². The zero-order chi connectivity index (χ0) is 18.4. The van der Waals surface area contributed by atoms with E-state index in [1.54, 1.807) is 20.4 Å². The van der Waals surface area contributed by atoms with Crippen molar-refractivity contribution in [2.75, 3.05) is 33.9 Å². The van der Waals surface area contributed by atoms with Crippen molar-refractivity contribution in [2.45, 2.75) is 25.2 Å². The highest BCUT2D eigenvalue weighted by atomic mass is 16.5. The maximum Gasteiger partial charge on any atom is 0.317 e. The Balaban J connectivity index is 1.52. The number of amides is 2. The molecule has 2 N–H and O–H groups in total. The maximum atomic E-state index is 12.5. The number of piperidine rings is 1. The van der Waals surface area contributed by atoms with E-state index in [0.29, 0.717) is 19.5 Å². The van der Waals surface area contributed by atoms with Gasteiger partial charge in [-0.2, -0.15) is 0 Å². The summed E-state index contributed by atoms with van der Waals surface area (Å²) in [6.45, 7) is 2.03. The number of H-pyrrole nitrogens is 1. The number of rotatable bonds is 6. The highest BCUT2D eigenvalue weighted by Gasteiger charge is 2.25. The number of aromatic nitrogens is 2. The zero-order valence-electron chi connectivity index (χ0n) is 15.3. The second-order valence-corrected chi connectivity index (χ2v) is 6.42. The fraction of sp³-hybridized carbons (Fsp3) is 0.474. The summed E-state index contributed by atoms with van der Waals surface area (Å²) in [7, 11) is 3.28. The molecule has 7 nitrogen and oxygen atoms in total. The summed E-state index contributed by atoms with van der Waals surface area (Å²) in [4.78, 5) is 21.9. The van der Waals surface area contributed by atoms with E-state index in [-0.39, 0.29) is 11.9 Å². The molecule has 1 saturated heterocycles. The van der Waals surface area contributed by atoms with Crippen LogP contribution in [0.4, 0.5) is 4.79 Å². The molecule has 26 heavy (non-hydrogen) atoms. The highest BCUT2D eigenvalue weighted by molar-refractivity contribution is 5.74. The number of ether oxygens (including phenoxy) is 2. The number of imidazole rings is 1. The molecular formula is C19H26N4O3. The Bertz CT molecular complexity index is 718. The molecule has 1 aromatic carbocycles. The Labute approximate surface area is 153 Å². The van der Waals surface area contributed by atoms with E-state index in [1.165, 1.54) is 0 Å². The normalized spacial score (nSPS) is 17.0. The van der Waals surface area contributed by atoms with Crippen LogP contribution < -0.4 is 14.8 Å².